The average molecular weight is 274 g/mol. The van der Waals surface area contributed by atoms with Crippen molar-refractivity contribution < 1.29 is 9.47 Å². The zero-order valence-electron chi connectivity index (χ0n) is 12.9. The van der Waals surface area contributed by atoms with Gasteiger partial charge in [0.15, 0.2) is 5.96 Å². The molecular weight excluding hydrogens is 244 g/mol. The fourth-order valence-electron chi connectivity index (χ4n) is 1.56. The van der Waals surface area contributed by atoms with Gasteiger partial charge in [0.05, 0.1) is 6.61 Å². The molecule has 0 aliphatic heterocycles. The van der Waals surface area contributed by atoms with Crippen LogP contribution in [0.25, 0.3) is 0 Å². The summed E-state index contributed by atoms with van der Waals surface area (Å²) in [6, 6.07) is 0. The Labute approximate surface area is 117 Å². The highest BCUT2D eigenvalue weighted by atomic mass is 16.5. The van der Waals surface area contributed by atoms with Gasteiger partial charge in [0.25, 0.3) is 0 Å². The van der Waals surface area contributed by atoms with Crippen LogP contribution in [0, 0.1) is 0 Å². The molecule has 0 aromatic heterocycles. The van der Waals surface area contributed by atoms with Gasteiger partial charge in [-0.2, -0.15) is 0 Å². The van der Waals surface area contributed by atoms with E-state index in [4.69, 9.17) is 9.47 Å². The van der Waals surface area contributed by atoms with Crippen molar-refractivity contribution in [2.75, 3.05) is 67.2 Å². The summed E-state index contributed by atoms with van der Waals surface area (Å²) in [6.45, 7) is 7.94. The molecule has 2 N–H and O–H groups in total. The molecule has 114 valence electrons. The van der Waals surface area contributed by atoms with E-state index in [-0.39, 0.29) is 0 Å². The molecule has 0 atom stereocenters. The quantitative estimate of drug-likeness (QED) is 0.319. The Morgan fingerprint density at radius 2 is 1.89 bits per heavy atom. The number of methoxy groups -OCH3 is 1. The molecule has 19 heavy (non-hydrogen) atoms. The van der Waals surface area contributed by atoms with E-state index < -0.39 is 0 Å². The lowest BCUT2D eigenvalue weighted by atomic mass is 10.4. The molecule has 0 radical (unpaired) electrons. The van der Waals surface area contributed by atoms with E-state index >= 15 is 0 Å². The highest BCUT2D eigenvalue weighted by Crippen LogP contribution is 1.86. The smallest absolute Gasteiger partial charge is 0.191 e. The van der Waals surface area contributed by atoms with Crippen LogP contribution in [-0.2, 0) is 9.47 Å². The lowest BCUT2D eigenvalue weighted by Crippen LogP contribution is -2.42. The number of likely N-dealkylation sites (N-methyl/N-ethyl adjacent to an activating group) is 1. The molecule has 0 bridgehead atoms. The van der Waals surface area contributed by atoms with Gasteiger partial charge in [-0.1, -0.05) is 0 Å². The molecular formula is C13H30N4O2. The predicted octanol–water partition coefficient (Wildman–Crippen LogP) is 0.156. The van der Waals surface area contributed by atoms with E-state index in [1.165, 1.54) is 0 Å². The minimum Gasteiger partial charge on any atom is -0.385 e. The molecule has 0 aliphatic carbocycles. The average Bonchev–Trinajstić information content (AvgIpc) is 2.41. The molecule has 0 heterocycles. The lowest BCUT2D eigenvalue weighted by Gasteiger charge is -2.18. The van der Waals surface area contributed by atoms with Gasteiger partial charge in [0, 0.05) is 53.6 Å². The van der Waals surface area contributed by atoms with Crippen molar-refractivity contribution >= 4 is 5.96 Å². The van der Waals surface area contributed by atoms with Crippen molar-refractivity contribution in [1.82, 2.24) is 15.5 Å². The summed E-state index contributed by atoms with van der Waals surface area (Å²) in [7, 11) is 5.63. The minimum atomic E-state index is 0.703. The van der Waals surface area contributed by atoms with Crippen molar-refractivity contribution in [3.8, 4) is 0 Å². The monoisotopic (exact) mass is 274 g/mol. The molecule has 0 aromatic rings. The molecule has 0 saturated heterocycles. The largest absolute Gasteiger partial charge is 0.385 e. The van der Waals surface area contributed by atoms with Crippen LogP contribution in [0.2, 0.25) is 0 Å². The second-order valence-corrected chi connectivity index (χ2v) is 4.27. The normalized spacial score (nSPS) is 11.9. The van der Waals surface area contributed by atoms with Gasteiger partial charge in [0.1, 0.15) is 0 Å². The van der Waals surface area contributed by atoms with Gasteiger partial charge in [-0.15, -0.1) is 0 Å². The van der Waals surface area contributed by atoms with Gasteiger partial charge in [-0.05, 0) is 20.4 Å². The van der Waals surface area contributed by atoms with Crippen molar-refractivity contribution in [3.63, 3.8) is 0 Å². The maximum absolute atomic E-state index is 5.26. The molecule has 0 aromatic carbocycles. The Hall–Kier alpha value is -0.850. The first-order chi connectivity index (χ1) is 9.24. The maximum Gasteiger partial charge on any atom is 0.191 e. The Kier molecular flexibility index (Phi) is 13.0. The van der Waals surface area contributed by atoms with Crippen LogP contribution in [-0.4, -0.2) is 78.1 Å². The van der Waals surface area contributed by atoms with E-state index in [1.54, 1.807) is 14.2 Å². The molecule has 0 spiro atoms. The third kappa shape index (κ3) is 11.9. The summed E-state index contributed by atoms with van der Waals surface area (Å²) in [4.78, 5) is 6.44. The summed E-state index contributed by atoms with van der Waals surface area (Å²) in [5.41, 5.74) is 0. The van der Waals surface area contributed by atoms with E-state index in [0.29, 0.717) is 6.61 Å². The third-order valence-corrected chi connectivity index (χ3v) is 2.64. The number of nitrogens with zero attached hydrogens (tertiary/aromatic N) is 2. The van der Waals surface area contributed by atoms with E-state index in [9.17, 15) is 0 Å². The Morgan fingerprint density at radius 1 is 1.16 bits per heavy atom. The molecule has 0 rings (SSSR count). The maximum atomic E-state index is 5.26. The topological polar surface area (TPSA) is 58.1 Å². The molecule has 6 nitrogen and oxygen atoms in total. The summed E-state index contributed by atoms with van der Waals surface area (Å²) >= 11 is 0. The SMILES string of the molecule is CCOCCNC(=NC)NCCN(C)CCCOC. The van der Waals surface area contributed by atoms with E-state index in [2.05, 4.69) is 27.6 Å². The Bertz CT molecular complexity index is 225. The Morgan fingerprint density at radius 3 is 2.53 bits per heavy atom. The molecule has 0 aliphatic rings. The van der Waals surface area contributed by atoms with Crippen LogP contribution in [0.3, 0.4) is 0 Å². The van der Waals surface area contributed by atoms with Crippen LogP contribution in [0.5, 0.6) is 0 Å². The molecule has 6 heteroatoms. The zero-order valence-corrected chi connectivity index (χ0v) is 12.9. The summed E-state index contributed by atoms with van der Waals surface area (Å²) in [6.07, 6.45) is 1.06. The number of guanidine groups is 1. The highest BCUT2D eigenvalue weighted by Gasteiger charge is 2.00. The van der Waals surface area contributed by atoms with Gasteiger partial charge >= 0.3 is 0 Å². The number of ether oxygens (including phenoxy) is 2. The minimum absolute atomic E-state index is 0.703. The number of hydrogen-bond acceptors (Lipinski definition) is 4. The fraction of sp³-hybridized carbons (Fsp3) is 0.923. The lowest BCUT2D eigenvalue weighted by molar-refractivity contribution is 0.152. The predicted molar refractivity (Wildman–Crippen MR) is 79.8 cm³/mol. The highest BCUT2D eigenvalue weighted by molar-refractivity contribution is 5.79. The van der Waals surface area contributed by atoms with Crippen molar-refractivity contribution in [3.05, 3.63) is 0 Å². The van der Waals surface area contributed by atoms with Crippen LogP contribution >= 0.6 is 0 Å². The fourth-order valence-corrected chi connectivity index (χ4v) is 1.56. The second kappa shape index (κ2) is 13.6. The van der Waals surface area contributed by atoms with Crippen LogP contribution < -0.4 is 10.6 Å². The molecule has 0 amide bonds. The van der Waals surface area contributed by atoms with Crippen LogP contribution in [0.1, 0.15) is 13.3 Å². The van der Waals surface area contributed by atoms with Gasteiger partial charge in [0.2, 0.25) is 0 Å². The standard InChI is InChI=1S/C13H30N4O2/c1-5-19-12-8-16-13(14-2)15-7-10-17(3)9-6-11-18-4/h5-12H2,1-4H3,(H2,14,15,16). The van der Waals surface area contributed by atoms with Crippen molar-refractivity contribution in [2.24, 2.45) is 4.99 Å². The van der Waals surface area contributed by atoms with E-state index in [1.807, 2.05) is 6.92 Å². The first-order valence-corrected chi connectivity index (χ1v) is 6.94. The first-order valence-electron chi connectivity index (χ1n) is 6.94. The number of hydrogen-bond donors (Lipinski definition) is 2. The molecule has 0 saturated carbocycles. The zero-order chi connectivity index (χ0) is 14.3. The number of aliphatic imine (C=N–C) groups is 1. The third-order valence-electron chi connectivity index (χ3n) is 2.64. The number of rotatable bonds is 11. The first kappa shape index (κ1) is 18.1. The van der Waals surface area contributed by atoms with Gasteiger partial charge in [-0.25, -0.2) is 0 Å². The van der Waals surface area contributed by atoms with E-state index in [0.717, 1.165) is 51.8 Å². The second-order valence-electron chi connectivity index (χ2n) is 4.27. The number of nitrogens with one attached hydrogen (secondary N) is 2. The van der Waals surface area contributed by atoms with Gasteiger partial charge in [-0.3, -0.25) is 4.99 Å². The van der Waals surface area contributed by atoms with Crippen LogP contribution in [0.15, 0.2) is 4.99 Å². The Balaban J connectivity index is 3.55. The summed E-state index contributed by atoms with van der Waals surface area (Å²) in [5.74, 6) is 0.824. The van der Waals surface area contributed by atoms with Crippen LogP contribution in [0.4, 0.5) is 0 Å². The van der Waals surface area contributed by atoms with Crippen molar-refractivity contribution in [1.29, 1.82) is 0 Å². The molecule has 0 fully saturated rings. The summed E-state index contributed by atoms with van der Waals surface area (Å²) in [5, 5.41) is 6.48. The van der Waals surface area contributed by atoms with Gasteiger partial charge < -0.3 is 25.0 Å². The summed E-state index contributed by atoms with van der Waals surface area (Å²) < 4.78 is 10.3. The van der Waals surface area contributed by atoms with Crippen molar-refractivity contribution in [2.45, 2.75) is 13.3 Å². The molecule has 0 unspecified atom stereocenters.